The Balaban J connectivity index is 1.49. The number of hydrogen-bond acceptors (Lipinski definition) is 2. The molecule has 4 unspecified atom stereocenters. The van der Waals surface area contributed by atoms with Crippen molar-refractivity contribution in [2.24, 2.45) is 58.2 Å². The summed E-state index contributed by atoms with van der Waals surface area (Å²) < 4.78 is 0. The van der Waals surface area contributed by atoms with Crippen LogP contribution in [0.25, 0.3) is 0 Å². The molecule has 9 atom stereocenters. The maximum atomic E-state index is 13.3. The summed E-state index contributed by atoms with van der Waals surface area (Å²) in [6, 6.07) is 0. The van der Waals surface area contributed by atoms with Gasteiger partial charge in [-0.3, -0.25) is 9.59 Å². The second-order valence-corrected chi connectivity index (χ2v) is 13.0. The van der Waals surface area contributed by atoms with Gasteiger partial charge in [0.05, 0.1) is 0 Å². The van der Waals surface area contributed by atoms with Gasteiger partial charge in [0.1, 0.15) is 11.6 Å². The lowest BCUT2D eigenvalue weighted by atomic mass is 9.44. The minimum absolute atomic E-state index is 0.0255. The van der Waals surface area contributed by atoms with Gasteiger partial charge < -0.3 is 0 Å². The third kappa shape index (κ3) is 3.86. The van der Waals surface area contributed by atoms with Gasteiger partial charge in [-0.1, -0.05) is 54.4 Å². The van der Waals surface area contributed by atoms with Crippen LogP contribution in [0.1, 0.15) is 112 Å². The summed E-state index contributed by atoms with van der Waals surface area (Å²) in [5.74, 6) is 6.05. The van der Waals surface area contributed by atoms with Gasteiger partial charge in [-0.05, 0) is 90.8 Å². The molecule has 0 spiro atoms. The molecule has 2 nitrogen and oxygen atoms in total. The molecule has 0 radical (unpaired) electrons. The van der Waals surface area contributed by atoms with Crippen molar-refractivity contribution < 1.29 is 9.59 Å². The van der Waals surface area contributed by atoms with Crippen molar-refractivity contribution in [3.8, 4) is 0 Å². The quantitative estimate of drug-likeness (QED) is 0.439. The average molecular weight is 429 g/mol. The Hall–Kier alpha value is -0.660. The zero-order valence-electron chi connectivity index (χ0n) is 21.2. The molecule has 4 fully saturated rings. The van der Waals surface area contributed by atoms with Crippen LogP contribution in [-0.4, -0.2) is 11.6 Å². The molecule has 0 saturated heterocycles. The van der Waals surface area contributed by atoms with Crippen LogP contribution in [0.3, 0.4) is 0 Å². The smallest absolute Gasteiger partial charge is 0.137 e. The lowest BCUT2D eigenvalue weighted by Gasteiger charge is -2.59. The lowest BCUT2D eigenvalue weighted by Crippen LogP contribution is -2.56. The van der Waals surface area contributed by atoms with Crippen LogP contribution in [-0.2, 0) is 9.59 Å². The van der Waals surface area contributed by atoms with Crippen molar-refractivity contribution >= 4 is 11.6 Å². The molecule has 4 saturated carbocycles. The summed E-state index contributed by atoms with van der Waals surface area (Å²) >= 11 is 0. The van der Waals surface area contributed by atoms with Crippen LogP contribution < -0.4 is 0 Å². The molecule has 0 aromatic rings. The molecule has 2 heteroatoms. The highest BCUT2D eigenvalue weighted by atomic mass is 16.1. The topological polar surface area (TPSA) is 34.1 Å². The molecule has 0 bridgehead atoms. The zero-order chi connectivity index (χ0) is 22.6. The van der Waals surface area contributed by atoms with E-state index in [0.29, 0.717) is 41.7 Å². The Morgan fingerprint density at radius 2 is 1.61 bits per heavy atom. The van der Waals surface area contributed by atoms with Gasteiger partial charge in [-0.2, -0.15) is 0 Å². The molecule has 0 heterocycles. The molecule has 176 valence electrons. The summed E-state index contributed by atoms with van der Waals surface area (Å²) in [5.41, 5.74) is 0.513. The number of Topliss-reactive ketones (excluding diaryl/α,β-unsaturated/α-hetero) is 2. The number of fused-ring (bicyclic) bond motifs is 5. The van der Waals surface area contributed by atoms with Gasteiger partial charge in [0.15, 0.2) is 0 Å². The molecule has 0 amide bonds. The Morgan fingerprint density at radius 1 is 0.903 bits per heavy atom. The highest BCUT2D eigenvalue weighted by molar-refractivity contribution is 5.90. The molecule has 0 N–H and O–H groups in total. The van der Waals surface area contributed by atoms with Gasteiger partial charge in [0, 0.05) is 25.2 Å². The summed E-state index contributed by atoms with van der Waals surface area (Å²) in [6.45, 7) is 14.7. The normalized spacial score (nSPS) is 44.5. The lowest BCUT2D eigenvalue weighted by molar-refractivity contribution is -0.159. The highest BCUT2D eigenvalue weighted by Crippen LogP contribution is 2.67. The van der Waals surface area contributed by atoms with Crippen molar-refractivity contribution in [3.63, 3.8) is 0 Å². The summed E-state index contributed by atoms with van der Waals surface area (Å²) in [5, 5.41) is 0. The van der Waals surface area contributed by atoms with Crippen LogP contribution in [0.15, 0.2) is 0 Å². The third-order valence-corrected chi connectivity index (χ3v) is 11.5. The fourth-order valence-electron chi connectivity index (χ4n) is 9.50. The van der Waals surface area contributed by atoms with E-state index >= 15 is 0 Å². The number of carbonyl (C=O) groups excluding carboxylic acids is 2. The second-order valence-electron chi connectivity index (χ2n) is 13.0. The Kier molecular flexibility index (Phi) is 6.52. The van der Waals surface area contributed by atoms with Crippen molar-refractivity contribution in [2.45, 2.75) is 112 Å². The van der Waals surface area contributed by atoms with E-state index in [0.717, 1.165) is 42.4 Å². The van der Waals surface area contributed by atoms with Crippen LogP contribution in [0.2, 0.25) is 0 Å². The first kappa shape index (κ1) is 23.5. The van der Waals surface area contributed by atoms with E-state index in [-0.39, 0.29) is 11.3 Å². The molecule has 31 heavy (non-hydrogen) atoms. The first-order valence-corrected chi connectivity index (χ1v) is 13.7. The SMILES string of the molecule is CC[C@H](CC[C@@H](C)C1CCC2C3CC(=O)[C@H]4CC(=O)CC[C@]4(C)C3CC[C@@]21C)C(C)C. The van der Waals surface area contributed by atoms with E-state index in [1.165, 1.54) is 44.9 Å². The van der Waals surface area contributed by atoms with E-state index < -0.39 is 0 Å². The van der Waals surface area contributed by atoms with E-state index in [4.69, 9.17) is 0 Å². The van der Waals surface area contributed by atoms with Gasteiger partial charge in [-0.25, -0.2) is 0 Å². The Labute approximate surface area is 191 Å². The Bertz CT molecular complexity index is 695. The standard InChI is InChI=1S/C29H48O2/c1-7-20(18(2)3)9-8-19(4)23-10-11-24-22-17-27(31)26-16-21(30)12-14-29(26,6)25(22)13-15-28(23,24)5/h18-20,22-26H,7-17H2,1-6H3/t19-,20-,22?,23?,24?,25?,26-,28-,29-/m1/s1. The van der Waals surface area contributed by atoms with E-state index in [1.807, 2.05) is 0 Å². The zero-order valence-corrected chi connectivity index (χ0v) is 21.2. The largest absolute Gasteiger partial charge is 0.300 e. The summed E-state index contributed by atoms with van der Waals surface area (Å²) in [7, 11) is 0. The minimum atomic E-state index is 0.0255. The average Bonchev–Trinajstić information content (AvgIpc) is 3.07. The second kappa shape index (κ2) is 8.60. The van der Waals surface area contributed by atoms with Gasteiger partial charge >= 0.3 is 0 Å². The minimum Gasteiger partial charge on any atom is -0.300 e. The van der Waals surface area contributed by atoms with Gasteiger partial charge in [0.2, 0.25) is 0 Å². The number of ketones is 2. The highest BCUT2D eigenvalue weighted by Gasteiger charge is 2.62. The number of hydrogen-bond donors (Lipinski definition) is 0. The first-order chi connectivity index (χ1) is 14.6. The van der Waals surface area contributed by atoms with Crippen molar-refractivity contribution in [2.75, 3.05) is 0 Å². The maximum Gasteiger partial charge on any atom is 0.137 e. The van der Waals surface area contributed by atoms with E-state index in [2.05, 4.69) is 41.5 Å². The molecule has 0 aromatic carbocycles. The first-order valence-electron chi connectivity index (χ1n) is 13.7. The van der Waals surface area contributed by atoms with E-state index in [9.17, 15) is 9.59 Å². The van der Waals surface area contributed by atoms with Crippen molar-refractivity contribution in [3.05, 3.63) is 0 Å². The maximum absolute atomic E-state index is 13.3. The van der Waals surface area contributed by atoms with Gasteiger partial charge in [0.25, 0.3) is 0 Å². The van der Waals surface area contributed by atoms with Crippen LogP contribution in [0.4, 0.5) is 0 Å². The monoisotopic (exact) mass is 428 g/mol. The van der Waals surface area contributed by atoms with Crippen molar-refractivity contribution in [1.29, 1.82) is 0 Å². The number of rotatable bonds is 6. The third-order valence-electron chi connectivity index (χ3n) is 11.5. The van der Waals surface area contributed by atoms with Crippen LogP contribution >= 0.6 is 0 Å². The van der Waals surface area contributed by atoms with Crippen molar-refractivity contribution in [1.82, 2.24) is 0 Å². The molecular formula is C29H48O2. The van der Waals surface area contributed by atoms with Crippen LogP contribution in [0, 0.1) is 58.2 Å². The predicted octanol–water partition coefficient (Wildman–Crippen LogP) is 7.49. The fraction of sp³-hybridized carbons (Fsp3) is 0.931. The molecular weight excluding hydrogens is 380 g/mol. The summed E-state index contributed by atoms with van der Waals surface area (Å²) in [4.78, 5) is 25.4. The Morgan fingerprint density at radius 3 is 2.29 bits per heavy atom. The van der Waals surface area contributed by atoms with E-state index in [1.54, 1.807) is 0 Å². The van der Waals surface area contributed by atoms with Gasteiger partial charge in [-0.15, -0.1) is 0 Å². The molecule has 0 aromatic heterocycles. The fourth-order valence-corrected chi connectivity index (χ4v) is 9.50. The molecule has 4 aliphatic rings. The summed E-state index contributed by atoms with van der Waals surface area (Å²) in [6.07, 6.45) is 12.4. The molecule has 0 aliphatic heterocycles. The predicted molar refractivity (Wildman–Crippen MR) is 128 cm³/mol. The van der Waals surface area contributed by atoms with Crippen LogP contribution in [0.5, 0.6) is 0 Å². The number of carbonyl (C=O) groups is 2. The molecule has 4 aliphatic carbocycles. The molecule has 4 rings (SSSR count).